The fourth-order valence-corrected chi connectivity index (χ4v) is 3.53. The molecule has 0 atom stereocenters. The molecule has 1 aromatic heterocycles. The first-order chi connectivity index (χ1) is 11.3. The molecule has 0 radical (unpaired) electrons. The highest BCUT2D eigenvalue weighted by Crippen LogP contribution is 2.33. The summed E-state index contributed by atoms with van der Waals surface area (Å²) >= 11 is 0. The van der Waals surface area contributed by atoms with Crippen LogP contribution in [0.3, 0.4) is 0 Å². The number of fused-ring (bicyclic) bond motifs is 1. The quantitative estimate of drug-likeness (QED) is 0.943. The molecule has 0 amide bonds. The van der Waals surface area contributed by atoms with Crippen molar-refractivity contribution in [2.24, 2.45) is 0 Å². The van der Waals surface area contributed by atoms with Gasteiger partial charge in [-0.25, -0.2) is 0 Å². The molecule has 0 bridgehead atoms. The summed E-state index contributed by atoms with van der Waals surface area (Å²) < 4.78 is 13.0. The molecular weight excluding hydrogens is 290 g/mol. The average molecular weight is 313 g/mol. The van der Waals surface area contributed by atoms with Crippen LogP contribution >= 0.6 is 0 Å². The van der Waals surface area contributed by atoms with E-state index in [-0.39, 0.29) is 0 Å². The molecule has 122 valence electrons. The van der Waals surface area contributed by atoms with Crippen LogP contribution in [0.5, 0.6) is 11.5 Å². The lowest BCUT2D eigenvalue weighted by Gasteiger charge is -2.23. The van der Waals surface area contributed by atoms with Crippen molar-refractivity contribution in [1.82, 2.24) is 15.1 Å². The average Bonchev–Trinajstić information content (AvgIpc) is 3.21. The van der Waals surface area contributed by atoms with E-state index in [4.69, 9.17) is 14.6 Å². The fourth-order valence-electron chi connectivity index (χ4n) is 3.53. The summed E-state index contributed by atoms with van der Waals surface area (Å²) in [4.78, 5) is 0. The Labute approximate surface area is 136 Å². The largest absolute Gasteiger partial charge is 0.454 e. The van der Waals surface area contributed by atoms with E-state index in [9.17, 15) is 0 Å². The van der Waals surface area contributed by atoms with Crippen molar-refractivity contribution in [3.63, 3.8) is 0 Å². The van der Waals surface area contributed by atoms with Gasteiger partial charge in [-0.2, -0.15) is 5.10 Å². The molecule has 1 aromatic carbocycles. The summed E-state index contributed by atoms with van der Waals surface area (Å²) in [5.74, 6) is 2.31. The van der Waals surface area contributed by atoms with Gasteiger partial charge in [0.05, 0.1) is 5.69 Å². The van der Waals surface area contributed by atoms with E-state index < -0.39 is 0 Å². The molecule has 0 spiro atoms. The van der Waals surface area contributed by atoms with E-state index >= 15 is 0 Å². The number of aryl methyl sites for hydroxylation is 1. The second-order valence-corrected chi connectivity index (χ2v) is 6.26. The van der Waals surface area contributed by atoms with Crippen molar-refractivity contribution in [1.29, 1.82) is 0 Å². The second kappa shape index (κ2) is 6.24. The molecule has 4 rings (SSSR count). The van der Waals surface area contributed by atoms with Gasteiger partial charge in [0.2, 0.25) is 6.79 Å². The Morgan fingerprint density at radius 2 is 2.00 bits per heavy atom. The Morgan fingerprint density at radius 3 is 2.83 bits per heavy atom. The number of aromatic nitrogens is 2. The van der Waals surface area contributed by atoms with Gasteiger partial charge in [-0.1, -0.05) is 6.07 Å². The minimum Gasteiger partial charge on any atom is -0.454 e. The van der Waals surface area contributed by atoms with Crippen molar-refractivity contribution in [3.8, 4) is 11.5 Å². The van der Waals surface area contributed by atoms with Crippen LogP contribution in [0.15, 0.2) is 24.3 Å². The lowest BCUT2D eigenvalue weighted by molar-refractivity contribution is 0.174. The molecule has 0 unspecified atom stereocenters. The predicted molar refractivity (Wildman–Crippen MR) is 88.1 cm³/mol. The van der Waals surface area contributed by atoms with E-state index in [2.05, 4.69) is 35.1 Å². The lowest BCUT2D eigenvalue weighted by atomic mass is 9.94. The van der Waals surface area contributed by atoms with Crippen LogP contribution in [0, 0.1) is 0 Å². The zero-order valence-corrected chi connectivity index (χ0v) is 13.5. The van der Waals surface area contributed by atoms with Crippen LogP contribution in [0.2, 0.25) is 0 Å². The Morgan fingerprint density at radius 1 is 1.17 bits per heavy atom. The Kier molecular flexibility index (Phi) is 3.95. The molecule has 1 N–H and O–H groups in total. The summed E-state index contributed by atoms with van der Waals surface area (Å²) in [6, 6.07) is 8.45. The number of benzene rings is 1. The highest BCUT2D eigenvalue weighted by molar-refractivity contribution is 5.45. The smallest absolute Gasteiger partial charge is 0.231 e. The molecular formula is C18H23N3O2. The number of ether oxygens (including phenoxy) is 2. The highest BCUT2D eigenvalue weighted by Gasteiger charge is 2.20. The first-order valence-corrected chi connectivity index (χ1v) is 8.49. The van der Waals surface area contributed by atoms with Crippen molar-refractivity contribution in [2.75, 3.05) is 19.9 Å². The molecule has 0 saturated carbocycles. The van der Waals surface area contributed by atoms with Crippen LogP contribution in [0.1, 0.15) is 42.6 Å². The molecule has 3 heterocycles. The number of piperidine rings is 1. The molecule has 0 aliphatic carbocycles. The first-order valence-electron chi connectivity index (χ1n) is 8.49. The van der Waals surface area contributed by atoms with E-state index in [0.717, 1.165) is 43.2 Å². The van der Waals surface area contributed by atoms with Crippen LogP contribution in [0.4, 0.5) is 0 Å². The summed E-state index contributed by atoms with van der Waals surface area (Å²) in [6.45, 7) is 5.64. The molecule has 1 fully saturated rings. The summed E-state index contributed by atoms with van der Waals surface area (Å²) in [5.41, 5.74) is 3.75. The third-order valence-electron chi connectivity index (χ3n) is 4.74. The number of hydrogen-bond acceptors (Lipinski definition) is 4. The highest BCUT2D eigenvalue weighted by atomic mass is 16.7. The van der Waals surface area contributed by atoms with Crippen LogP contribution in [-0.2, 0) is 13.0 Å². The van der Waals surface area contributed by atoms with Gasteiger partial charge in [0.15, 0.2) is 11.5 Å². The van der Waals surface area contributed by atoms with E-state index in [1.165, 1.54) is 24.1 Å². The molecule has 2 aliphatic heterocycles. The fraction of sp³-hybridized carbons (Fsp3) is 0.500. The third-order valence-corrected chi connectivity index (χ3v) is 4.74. The summed E-state index contributed by atoms with van der Waals surface area (Å²) in [7, 11) is 0. The number of nitrogens with zero attached hydrogens (tertiary/aromatic N) is 2. The third kappa shape index (κ3) is 2.93. The number of hydrogen-bond donors (Lipinski definition) is 1. The second-order valence-electron chi connectivity index (χ2n) is 6.26. The zero-order valence-electron chi connectivity index (χ0n) is 13.5. The van der Waals surface area contributed by atoms with E-state index in [1.54, 1.807) is 0 Å². The van der Waals surface area contributed by atoms with Crippen LogP contribution in [-0.4, -0.2) is 29.7 Å². The lowest BCUT2D eigenvalue weighted by Crippen LogP contribution is -2.27. The molecule has 2 aromatic rings. The Bertz CT molecular complexity index is 690. The van der Waals surface area contributed by atoms with Crippen LogP contribution in [0.25, 0.3) is 0 Å². The Hall–Kier alpha value is -2.01. The van der Waals surface area contributed by atoms with Gasteiger partial charge >= 0.3 is 0 Å². The van der Waals surface area contributed by atoms with E-state index in [1.807, 2.05) is 6.07 Å². The summed E-state index contributed by atoms with van der Waals surface area (Å²) in [6.07, 6.45) is 3.24. The predicted octanol–water partition coefficient (Wildman–Crippen LogP) is 2.69. The first kappa shape index (κ1) is 14.6. The molecule has 5 heteroatoms. The minimum atomic E-state index is 0.323. The van der Waals surface area contributed by atoms with Crippen molar-refractivity contribution in [2.45, 2.75) is 38.6 Å². The normalized spacial score (nSPS) is 17.6. The van der Waals surface area contributed by atoms with Crippen molar-refractivity contribution >= 4 is 0 Å². The van der Waals surface area contributed by atoms with Gasteiger partial charge in [0.25, 0.3) is 0 Å². The molecule has 23 heavy (non-hydrogen) atoms. The standard InChI is InChI=1S/C18H23N3O2/c1-2-21-16(14-5-7-19-8-6-14)11-15(20-21)9-13-3-4-17-18(10-13)23-12-22-17/h3-4,10-11,14,19H,2,5-9,12H2,1H3. The van der Waals surface area contributed by atoms with Crippen molar-refractivity contribution < 1.29 is 9.47 Å². The molecule has 5 nitrogen and oxygen atoms in total. The van der Waals surface area contributed by atoms with Gasteiger partial charge in [-0.3, -0.25) is 4.68 Å². The summed E-state index contributed by atoms with van der Waals surface area (Å²) in [5, 5.41) is 8.25. The molecule has 1 saturated heterocycles. The molecule has 2 aliphatic rings. The maximum absolute atomic E-state index is 5.47. The maximum atomic E-state index is 5.47. The SMILES string of the molecule is CCn1nc(Cc2ccc3c(c2)OCO3)cc1C1CCNCC1. The van der Waals surface area contributed by atoms with Gasteiger partial charge in [-0.15, -0.1) is 0 Å². The van der Waals surface area contributed by atoms with E-state index in [0.29, 0.717) is 12.7 Å². The number of nitrogens with one attached hydrogen (secondary N) is 1. The minimum absolute atomic E-state index is 0.323. The van der Waals surface area contributed by atoms with Gasteiger partial charge in [-0.05, 0) is 56.6 Å². The van der Waals surface area contributed by atoms with Gasteiger partial charge < -0.3 is 14.8 Å². The Balaban J connectivity index is 1.56. The monoisotopic (exact) mass is 313 g/mol. The van der Waals surface area contributed by atoms with Crippen LogP contribution < -0.4 is 14.8 Å². The van der Waals surface area contributed by atoms with Gasteiger partial charge in [0.1, 0.15) is 0 Å². The zero-order chi connectivity index (χ0) is 15.6. The van der Waals surface area contributed by atoms with Crippen molar-refractivity contribution in [3.05, 3.63) is 41.2 Å². The topological polar surface area (TPSA) is 48.3 Å². The maximum Gasteiger partial charge on any atom is 0.231 e. The van der Waals surface area contributed by atoms with Gasteiger partial charge in [0, 0.05) is 24.6 Å². The number of rotatable bonds is 4.